The number of carbonyl (C=O) groups excluding carboxylic acids is 1. The quantitative estimate of drug-likeness (QED) is 0.612. The zero-order valence-electron chi connectivity index (χ0n) is 12.2. The first-order chi connectivity index (χ1) is 9.47. The molecule has 1 unspecified atom stereocenters. The Bertz CT molecular complexity index is 487. The molecule has 0 amide bonds. The number of aryl methyl sites for hydroxylation is 1. The second-order valence-electron chi connectivity index (χ2n) is 4.80. The fourth-order valence-corrected chi connectivity index (χ4v) is 2.22. The van der Waals surface area contributed by atoms with Crippen LogP contribution in [-0.2, 0) is 20.7 Å². The van der Waals surface area contributed by atoms with E-state index >= 15 is 0 Å². The van der Waals surface area contributed by atoms with E-state index in [1.54, 1.807) is 19.2 Å². The molecule has 20 heavy (non-hydrogen) atoms. The van der Waals surface area contributed by atoms with Crippen LogP contribution in [0.5, 0.6) is 0 Å². The third-order valence-electron chi connectivity index (χ3n) is 3.34. The fourth-order valence-electron chi connectivity index (χ4n) is 2.22. The van der Waals surface area contributed by atoms with E-state index in [-0.39, 0.29) is 19.4 Å². The number of nitrogens with zero attached hydrogens (tertiary/aromatic N) is 1. The number of aromatic nitrogens is 1. The van der Waals surface area contributed by atoms with Crippen LogP contribution in [0.3, 0.4) is 0 Å². The molecule has 110 valence electrons. The Labute approximate surface area is 119 Å². The van der Waals surface area contributed by atoms with Gasteiger partial charge in [0.1, 0.15) is 0 Å². The largest absolute Gasteiger partial charge is 0.480 e. The number of pyridine rings is 1. The molecule has 0 radical (unpaired) electrons. The second-order valence-corrected chi connectivity index (χ2v) is 4.80. The maximum Gasteiger partial charge on any atom is 0.323 e. The van der Waals surface area contributed by atoms with Crippen molar-refractivity contribution in [3.8, 4) is 0 Å². The maximum atomic E-state index is 12.2. The Morgan fingerprint density at radius 3 is 2.60 bits per heavy atom. The van der Waals surface area contributed by atoms with Gasteiger partial charge in [-0.1, -0.05) is 19.4 Å². The summed E-state index contributed by atoms with van der Waals surface area (Å²) in [6.07, 6.45) is 2.47. The normalized spacial score (nSPS) is 13.6. The molecular formula is C15H21NO4. The van der Waals surface area contributed by atoms with Crippen molar-refractivity contribution in [2.24, 2.45) is 5.41 Å². The van der Waals surface area contributed by atoms with Crippen molar-refractivity contribution >= 4 is 11.9 Å². The predicted octanol–water partition coefficient (Wildman–Crippen LogP) is 2.37. The molecule has 1 heterocycles. The molecule has 1 atom stereocenters. The van der Waals surface area contributed by atoms with Crippen molar-refractivity contribution in [3.63, 3.8) is 0 Å². The van der Waals surface area contributed by atoms with Crippen molar-refractivity contribution < 1.29 is 19.4 Å². The number of ether oxygens (including phenoxy) is 1. The lowest BCUT2D eigenvalue weighted by Crippen LogP contribution is -2.43. The molecule has 0 saturated carbocycles. The highest BCUT2D eigenvalue weighted by molar-refractivity contribution is 5.99. The SMILES string of the molecule is CCCC(Cc1ncccc1C)(C(=O)O)C(=O)OCC. The molecule has 0 fully saturated rings. The molecule has 5 heteroatoms. The summed E-state index contributed by atoms with van der Waals surface area (Å²) in [5, 5.41) is 9.58. The predicted molar refractivity (Wildman–Crippen MR) is 74.3 cm³/mol. The van der Waals surface area contributed by atoms with Crippen LogP contribution in [0.25, 0.3) is 0 Å². The maximum absolute atomic E-state index is 12.2. The number of aliphatic carboxylic acids is 1. The minimum Gasteiger partial charge on any atom is -0.480 e. The van der Waals surface area contributed by atoms with E-state index in [1.165, 1.54) is 0 Å². The first-order valence-corrected chi connectivity index (χ1v) is 6.79. The summed E-state index contributed by atoms with van der Waals surface area (Å²) < 4.78 is 4.99. The Balaban J connectivity index is 3.19. The molecule has 5 nitrogen and oxygen atoms in total. The first kappa shape index (κ1) is 16.1. The van der Waals surface area contributed by atoms with E-state index in [2.05, 4.69) is 4.98 Å². The fraction of sp³-hybridized carbons (Fsp3) is 0.533. The van der Waals surface area contributed by atoms with Gasteiger partial charge in [0, 0.05) is 18.3 Å². The summed E-state index contributed by atoms with van der Waals surface area (Å²) in [6.45, 7) is 5.54. The van der Waals surface area contributed by atoms with Gasteiger partial charge >= 0.3 is 11.9 Å². The van der Waals surface area contributed by atoms with Crippen LogP contribution >= 0.6 is 0 Å². The van der Waals surface area contributed by atoms with Crippen molar-refractivity contribution in [3.05, 3.63) is 29.6 Å². The van der Waals surface area contributed by atoms with E-state index in [9.17, 15) is 14.7 Å². The molecule has 0 spiro atoms. The second kappa shape index (κ2) is 7.03. The van der Waals surface area contributed by atoms with E-state index in [0.29, 0.717) is 12.1 Å². The number of rotatable bonds is 7. The summed E-state index contributed by atoms with van der Waals surface area (Å²) in [5.41, 5.74) is -0.0564. The summed E-state index contributed by atoms with van der Waals surface area (Å²) in [7, 11) is 0. The van der Waals surface area contributed by atoms with Crippen LogP contribution in [-0.4, -0.2) is 28.6 Å². The summed E-state index contributed by atoms with van der Waals surface area (Å²) in [5.74, 6) is -1.83. The molecule has 0 aliphatic rings. The lowest BCUT2D eigenvalue weighted by Gasteiger charge is -2.27. The molecule has 0 aliphatic heterocycles. The Morgan fingerprint density at radius 2 is 2.10 bits per heavy atom. The molecule has 1 N–H and O–H groups in total. The minimum absolute atomic E-state index is 0.0572. The van der Waals surface area contributed by atoms with Gasteiger partial charge in [0.05, 0.1) is 6.61 Å². The molecule has 0 aromatic carbocycles. The third kappa shape index (κ3) is 3.35. The highest BCUT2D eigenvalue weighted by atomic mass is 16.5. The van der Waals surface area contributed by atoms with Crippen molar-refractivity contribution in [1.82, 2.24) is 4.98 Å². The van der Waals surface area contributed by atoms with Gasteiger partial charge in [-0.2, -0.15) is 0 Å². The standard InChI is InChI=1S/C15H21NO4/c1-4-8-15(13(17)18,14(19)20-5-2)10-12-11(3)7-6-9-16-12/h6-7,9H,4-5,8,10H2,1-3H3,(H,17,18). The molecule has 1 aromatic rings. The van der Waals surface area contributed by atoms with Gasteiger partial charge in [-0.15, -0.1) is 0 Å². The molecule has 0 aliphatic carbocycles. The zero-order chi connectivity index (χ0) is 15.2. The average molecular weight is 279 g/mol. The summed E-state index contributed by atoms with van der Waals surface area (Å²) in [6, 6.07) is 3.64. The van der Waals surface area contributed by atoms with E-state index in [4.69, 9.17) is 4.74 Å². The van der Waals surface area contributed by atoms with Crippen molar-refractivity contribution in [1.29, 1.82) is 0 Å². The van der Waals surface area contributed by atoms with Crippen LogP contribution < -0.4 is 0 Å². The Morgan fingerprint density at radius 1 is 1.40 bits per heavy atom. The van der Waals surface area contributed by atoms with Crippen LogP contribution in [0.1, 0.15) is 37.9 Å². The Hall–Kier alpha value is -1.91. The number of hydrogen-bond donors (Lipinski definition) is 1. The molecule has 1 aromatic heterocycles. The van der Waals surface area contributed by atoms with Crippen molar-refractivity contribution in [2.45, 2.75) is 40.0 Å². The number of esters is 1. The van der Waals surface area contributed by atoms with E-state index in [1.807, 2.05) is 19.9 Å². The van der Waals surface area contributed by atoms with Crippen LogP contribution in [0.15, 0.2) is 18.3 Å². The third-order valence-corrected chi connectivity index (χ3v) is 3.34. The highest BCUT2D eigenvalue weighted by Crippen LogP contribution is 2.31. The molecular weight excluding hydrogens is 258 g/mol. The monoisotopic (exact) mass is 279 g/mol. The average Bonchev–Trinajstić information content (AvgIpc) is 2.40. The van der Waals surface area contributed by atoms with Gasteiger partial charge < -0.3 is 9.84 Å². The van der Waals surface area contributed by atoms with Gasteiger partial charge in [-0.3, -0.25) is 14.6 Å². The number of carboxylic acid groups (broad SMARTS) is 1. The van der Waals surface area contributed by atoms with Gasteiger partial charge in [-0.05, 0) is 31.9 Å². The smallest absolute Gasteiger partial charge is 0.323 e. The van der Waals surface area contributed by atoms with Crippen LogP contribution in [0, 0.1) is 12.3 Å². The lowest BCUT2D eigenvalue weighted by molar-refractivity contribution is -0.169. The topological polar surface area (TPSA) is 76.5 Å². The molecule has 1 rings (SSSR count). The minimum atomic E-state index is -1.55. The van der Waals surface area contributed by atoms with Crippen molar-refractivity contribution in [2.75, 3.05) is 6.61 Å². The van der Waals surface area contributed by atoms with Gasteiger partial charge in [0.15, 0.2) is 5.41 Å². The number of carboxylic acids is 1. The zero-order valence-corrected chi connectivity index (χ0v) is 12.2. The molecule has 0 saturated heterocycles. The van der Waals surface area contributed by atoms with E-state index < -0.39 is 17.4 Å². The first-order valence-electron chi connectivity index (χ1n) is 6.79. The van der Waals surface area contributed by atoms with Crippen LogP contribution in [0.2, 0.25) is 0 Å². The lowest BCUT2D eigenvalue weighted by atomic mass is 9.78. The molecule has 0 bridgehead atoms. The number of carbonyl (C=O) groups is 2. The van der Waals surface area contributed by atoms with Gasteiger partial charge in [0.2, 0.25) is 0 Å². The highest BCUT2D eigenvalue weighted by Gasteiger charge is 2.47. The number of hydrogen-bond acceptors (Lipinski definition) is 4. The Kier molecular flexibility index (Phi) is 5.67. The van der Waals surface area contributed by atoms with Gasteiger partial charge in [0.25, 0.3) is 0 Å². The van der Waals surface area contributed by atoms with E-state index in [0.717, 1.165) is 5.56 Å². The van der Waals surface area contributed by atoms with Crippen LogP contribution in [0.4, 0.5) is 0 Å². The summed E-state index contributed by atoms with van der Waals surface area (Å²) in [4.78, 5) is 28.1. The summed E-state index contributed by atoms with van der Waals surface area (Å²) >= 11 is 0. The van der Waals surface area contributed by atoms with Gasteiger partial charge in [-0.25, -0.2) is 0 Å².